The van der Waals surface area contributed by atoms with Crippen molar-refractivity contribution < 1.29 is 18.0 Å². The minimum atomic E-state index is -4.19. The van der Waals surface area contributed by atoms with Crippen LogP contribution in [0.15, 0.2) is 12.1 Å². The summed E-state index contributed by atoms with van der Waals surface area (Å²) in [5.41, 5.74) is 3.57. The number of hydrogen-bond donors (Lipinski definition) is 0. The highest BCUT2D eigenvalue weighted by Gasteiger charge is 2.27. The predicted octanol–water partition coefficient (Wildman–Crippen LogP) is 3.68. The van der Waals surface area contributed by atoms with Gasteiger partial charge in [-0.3, -0.25) is 9.69 Å². The predicted molar refractivity (Wildman–Crippen MR) is 73.2 cm³/mol. The average molecular weight is 287 g/mol. The zero-order chi connectivity index (χ0) is 15.5. The average Bonchev–Trinajstić information content (AvgIpc) is 2.30. The molecule has 0 saturated carbocycles. The smallest absolute Gasteiger partial charge is 0.299 e. The third-order valence-electron chi connectivity index (χ3n) is 3.33. The standard InChI is InChI=1S/C15H20F3NO/c1-10-7-12(3)13(8-11(10)2)14(20)9-19(4)6-5-15(16,17)18/h7-8H,5-6,9H2,1-4H3. The number of likely N-dealkylation sites (N-methyl/N-ethyl adjacent to an activating group) is 1. The quantitative estimate of drug-likeness (QED) is 0.770. The van der Waals surface area contributed by atoms with Crippen LogP contribution in [-0.2, 0) is 0 Å². The minimum absolute atomic E-state index is 0.000574. The lowest BCUT2D eigenvalue weighted by atomic mass is 9.98. The summed E-state index contributed by atoms with van der Waals surface area (Å²) in [5, 5.41) is 0. The molecule has 0 saturated heterocycles. The molecule has 0 unspecified atom stereocenters. The molecule has 1 rings (SSSR count). The first kappa shape index (κ1) is 16.7. The van der Waals surface area contributed by atoms with E-state index in [0.717, 1.165) is 16.7 Å². The summed E-state index contributed by atoms with van der Waals surface area (Å²) in [6.45, 7) is 5.55. The number of aryl methyl sites for hydroxylation is 3. The molecule has 1 aromatic carbocycles. The van der Waals surface area contributed by atoms with Crippen molar-refractivity contribution in [1.29, 1.82) is 0 Å². The molecule has 20 heavy (non-hydrogen) atoms. The van der Waals surface area contributed by atoms with E-state index in [-0.39, 0.29) is 18.9 Å². The Morgan fingerprint density at radius 3 is 2.20 bits per heavy atom. The number of carbonyl (C=O) groups is 1. The fourth-order valence-electron chi connectivity index (χ4n) is 1.99. The summed E-state index contributed by atoms with van der Waals surface area (Å²) in [7, 11) is 1.53. The Morgan fingerprint density at radius 1 is 1.10 bits per heavy atom. The summed E-state index contributed by atoms with van der Waals surface area (Å²) >= 11 is 0. The Kier molecular flexibility index (Phi) is 5.34. The van der Waals surface area contributed by atoms with Gasteiger partial charge in [0, 0.05) is 12.1 Å². The SMILES string of the molecule is Cc1cc(C)c(C(=O)CN(C)CCC(F)(F)F)cc1C. The Hall–Kier alpha value is -1.36. The van der Waals surface area contributed by atoms with Gasteiger partial charge in [0.1, 0.15) is 0 Å². The van der Waals surface area contributed by atoms with Crippen molar-refractivity contribution >= 4 is 5.78 Å². The van der Waals surface area contributed by atoms with E-state index in [4.69, 9.17) is 0 Å². The molecule has 0 radical (unpaired) electrons. The third-order valence-corrected chi connectivity index (χ3v) is 3.33. The molecule has 0 fully saturated rings. The number of Topliss-reactive ketones (excluding diaryl/α,β-unsaturated/α-hetero) is 1. The van der Waals surface area contributed by atoms with Gasteiger partial charge in [-0.15, -0.1) is 0 Å². The van der Waals surface area contributed by atoms with Crippen LogP contribution >= 0.6 is 0 Å². The monoisotopic (exact) mass is 287 g/mol. The van der Waals surface area contributed by atoms with Gasteiger partial charge in [0.05, 0.1) is 13.0 Å². The number of hydrogen-bond acceptors (Lipinski definition) is 2. The number of rotatable bonds is 5. The van der Waals surface area contributed by atoms with Gasteiger partial charge < -0.3 is 0 Å². The Morgan fingerprint density at radius 2 is 1.65 bits per heavy atom. The molecule has 0 aliphatic rings. The first-order valence-electron chi connectivity index (χ1n) is 6.46. The van der Waals surface area contributed by atoms with Crippen molar-refractivity contribution in [2.24, 2.45) is 0 Å². The second-order valence-electron chi connectivity index (χ2n) is 5.28. The van der Waals surface area contributed by atoms with Crippen LogP contribution in [0.1, 0.15) is 33.5 Å². The van der Waals surface area contributed by atoms with Gasteiger partial charge in [-0.05, 0) is 50.6 Å². The van der Waals surface area contributed by atoms with Crippen molar-refractivity contribution in [3.8, 4) is 0 Å². The highest BCUT2D eigenvalue weighted by Crippen LogP contribution is 2.20. The molecule has 0 atom stereocenters. The number of carbonyl (C=O) groups excluding carboxylic acids is 1. The number of alkyl halides is 3. The Labute approximate surface area is 117 Å². The maximum Gasteiger partial charge on any atom is 0.390 e. The van der Waals surface area contributed by atoms with E-state index in [1.807, 2.05) is 32.9 Å². The maximum atomic E-state index is 12.1. The van der Waals surface area contributed by atoms with E-state index in [1.165, 1.54) is 11.9 Å². The molecule has 0 aliphatic carbocycles. The summed E-state index contributed by atoms with van der Waals surface area (Å²) < 4.78 is 36.4. The van der Waals surface area contributed by atoms with Crippen LogP contribution in [0.25, 0.3) is 0 Å². The van der Waals surface area contributed by atoms with Crippen LogP contribution in [-0.4, -0.2) is 37.0 Å². The molecule has 0 bridgehead atoms. The zero-order valence-electron chi connectivity index (χ0n) is 12.3. The second kappa shape index (κ2) is 6.39. The topological polar surface area (TPSA) is 20.3 Å². The van der Waals surface area contributed by atoms with Gasteiger partial charge >= 0.3 is 6.18 Å². The van der Waals surface area contributed by atoms with E-state index in [1.54, 1.807) is 0 Å². The summed E-state index contributed by atoms with van der Waals surface area (Å²) in [6.07, 6.45) is -5.09. The van der Waals surface area contributed by atoms with Crippen LogP contribution in [0, 0.1) is 20.8 Å². The molecule has 0 aliphatic heterocycles. The molecule has 0 amide bonds. The van der Waals surface area contributed by atoms with Gasteiger partial charge in [-0.25, -0.2) is 0 Å². The lowest BCUT2D eigenvalue weighted by molar-refractivity contribution is -0.137. The summed E-state index contributed by atoms with van der Waals surface area (Å²) in [6, 6.07) is 3.74. The van der Waals surface area contributed by atoms with Crippen LogP contribution in [0.3, 0.4) is 0 Å². The van der Waals surface area contributed by atoms with E-state index in [2.05, 4.69) is 0 Å². The molecule has 5 heteroatoms. The van der Waals surface area contributed by atoms with Gasteiger partial charge in [0.25, 0.3) is 0 Å². The fraction of sp³-hybridized carbons (Fsp3) is 0.533. The van der Waals surface area contributed by atoms with Gasteiger partial charge in [-0.1, -0.05) is 6.07 Å². The van der Waals surface area contributed by atoms with Gasteiger partial charge in [-0.2, -0.15) is 13.2 Å². The Balaban J connectivity index is 2.70. The molecule has 0 aromatic heterocycles. The fourth-order valence-corrected chi connectivity index (χ4v) is 1.99. The van der Waals surface area contributed by atoms with Crippen molar-refractivity contribution in [2.45, 2.75) is 33.4 Å². The van der Waals surface area contributed by atoms with Crippen LogP contribution in [0.4, 0.5) is 13.2 Å². The first-order valence-corrected chi connectivity index (χ1v) is 6.46. The summed E-state index contributed by atoms with van der Waals surface area (Å²) in [4.78, 5) is 13.5. The van der Waals surface area contributed by atoms with Crippen molar-refractivity contribution in [1.82, 2.24) is 4.90 Å². The molecule has 112 valence electrons. The Bertz CT molecular complexity index is 495. The number of halogens is 3. The lowest BCUT2D eigenvalue weighted by Gasteiger charge is -2.18. The normalized spacial score (nSPS) is 12.0. The molecule has 0 N–H and O–H groups in total. The van der Waals surface area contributed by atoms with E-state index < -0.39 is 12.6 Å². The van der Waals surface area contributed by atoms with Gasteiger partial charge in [0.15, 0.2) is 5.78 Å². The number of benzene rings is 1. The van der Waals surface area contributed by atoms with Crippen LogP contribution in [0.5, 0.6) is 0 Å². The number of ketones is 1. The molecule has 0 heterocycles. The van der Waals surface area contributed by atoms with Gasteiger partial charge in [0.2, 0.25) is 0 Å². The van der Waals surface area contributed by atoms with Crippen molar-refractivity contribution in [3.05, 3.63) is 34.4 Å². The largest absolute Gasteiger partial charge is 0.390 e. The van der Waals surface area contributed by atoms with E-state index >= 15 is 0 Å². The summed E-state index contributed by atoms with van der Waals surface area (Å²) in [5.74, 6) is -0.143. The molecule has 2 nitrogen and oxygen atoms in total. The van der Waals surface area contributed by atoms with Crippen molar-refractivity contribution in [3.63, 3.8) is 0 Å². The van der Waals surface area contributed by atoms with Crippen molar-refractivity contribution in [2.75, 3.05) is 20.1 Å². The highest BCUT2D eigenvalue weighted by molar-refractivity contribution is 5.99. The zero-order valence-corrected chi connectivity index (χ0v) is 12.3. The van der Waals surface area contributed by atoms with Crippen LogP contribution in [0.2, 0.25) is 0 Å². The van der Waals surface area contributed by atoms with E-state index in [9.17, 15) is 18.0 Å². The lowest BCUT2D eigenvalue weighted by Crippen LogP contribution is -2.30. The maximum absolute atomic E-state index is 12.1. The second-order valence-corrected chi connectivity index (χ2v) is 5.28. The molecular formula is C15H20F3NO. The number of nitrogens with zero attached hydrogens (tertiary/aromatic N) is 1. The first-order chi connectivity index (χ1) is 9.10. The third kappa shape index (κ3) is 4.96. The molecule has 0 spiro atoms. The minimum Gasteiger partial charge on any atom is -0.299 e. The van der Waals surface area contributed by atoms with E-state index in [0.29, 0.717) is 5.56 Å². The highest BCUT2D eigenvalue weighted by atomic mass is 19.4. The molecular weight excluding hydrogens is 267 g/mol. The molecule has 1 aromatic rings. The van der Waals surface area contributed by atoms with Crippen LogP contribution < -0.4 is 0 Å².